The third kappa shape index (κ3) is 5.12. The summed E-state index contributed by atoms with van der Waals surface area (Å²) in [5, 5.41) is 25.0. The number of nitrogens with zero attached hydrogens (tertiary/aromatic N) is 6. The van der Waals surface area contributed by atoms with E-state index in [4.69, 9.17) is 11.6 Å². The molecule has 6 nitrogen and oxygen atoms in total. The van der Waals surface area contributed by atoms with E-state index in [-0.39, 0.29) is 0 Å². The zero-order valence-corrected chi connectivity index (χ0v) is 29.8. The van der Waals surface area contributed by atoms with Gasteiger partial charge in [-0.15, -0.1) is 0 Å². The smallest absolute Gasteiger partial charge is 0.188 e. The van der Waals surface area contributed by atoms with Crippen LogP contribution in [0.1, 0.15) is 11.1 Å². The van der Waals surface area contributed by atoms with E-state index in [0.717, 1.165) is 77.3 Å². The number of rotatable bonds is 5. The average Bonchev–Trinajstić information content (AvgIpc) is 3.78. The highest BCUT2D eigenvalue weighted by atomic mass is 15.0. The van der Waals surface area contributed by atoms with Crippen LogP contribution in [0.15, 0.2) is 170 Å². The fourth-order valence-corrected chi connectivity index (χ4v) is 8.05. The molecule has 0 N–H and O–H groups in total. The highest BCUT2D eigenvalue weighted by Crippen LogP contribution is 2.42. The third-order valence-corrected chi connectivity index (χ3v) is 10.6. The van der Waals surface area contributed by atoms with Crippen molar-refractivity contribution in [3.63, 3.8) is 0 Å². The Hall–Kier alpha value is -8.24. The minimum absolute atomic E-state index is 0.485. The summed E-state index contributed by atoms with van der Waals surface area (Å²) >= 11 is 0. The Kier molecular flexibility index (Phi) is 7.53. The van der Waals surface area contributed by atoms with Gasteiger partial charge in [0.15, 0.2) is 5.69 Å². The summed E-state index contributed by atoms with van der Waals surface area (Å²) in [5.74, 6) is 0. The second-order valence-electron chi connectivity index (χ2n) is 13.7. The first-order valence-corrected chi connectivity index (χ1v) is 18.2. The van der Waals surface area contributed by atoms with Crippen LogP contribution in [0.2, 0.25) is 0 Å². The van der Waals surface area contributed by atoms with Crippen molar-refractivity contribution in [2.45, 2.75) is 0 Å². The summed E-state index contributed by atoms with van der Waals surface area (Å²) in [6.45, 7) is 7.76. The van der Waals surface area contributed by atoms with Crippen molar-refractivity contribution in [2.24, 2.45) is 0 Å². The molecule has 258 valence electrons. The molecule has 0 spiro atoms. The molecule has 0 fully saturated rings. The highest BCUT2D eigenvalue weighted by molar-refractivity contribution is 6.12. The van der Waals surface area contributed by atoms with Crippen LogP contribution in [0, 0.1) is 29.2 Å². The number of aromatic nitrogens is 3. The molecule has 0 atom stereocenters. The van der Waals surface area contributed by atoms with Gasteiger partial charge in [-0.25, -0.2) is 9.83 Å². The number of pyridine rings is 1. The van der Waals surface area contributed by atoms with Crippen LogP contribution in [0.4, 0.5) is 5.69 Å². The number of hydrogen-bond donors (Lipinski definition) is 0. The minimum atomic E-state index is 0.485. The Morgan fingerprint density at radius 3 is 1.46 bits per heavy atom. The SMILES string of the molecule is [C-]#[N+]c1ccc2c(c1)c1ccccc1n2-c1cc(-c2cc(-c3ccccc3)nc(-c3ccccc3)c2)cc(-n2c3ccccc3c3cc(C#N)ccc32)c1C#N. The van der Waals surface area contributed by atoms with Gasteiger partial charge in [0, 0.05) is 27.3 Å². The molecule has 56 heavy (non-hydrogen) atoms. The Balaban J connectivity index is 1.36. The maximum Gasteiger partial charge on any atom is 0.188 e. The Morgan fingerprint density at radius 1 is 0.446 bits per heavy atom. The van der Waals surface area contributed by atoms with E-state index in [0.29, 0.717) is 28.2 Å². The lowest BCUT2D eigenvalue weighted by atomic mass is 9.97. The van der Waals surface area contributed by atoms with Crippen LogP contribution < -0.4 is 0 Å². The second kappa shape index (κ2) is 13.0. The van der Waals surface area contributed by atoms with Gasteiger partial charge >= 0.3 is 0 Å². The molecule has 0 aliphatic carbocycles. The van der Waals surface area contributed by atoms with E-state index < -0.39 is 0 Å². The Labute approximate surface area is 322 Å². The maximum atomic E-state index is 11.3. The Morgan fingerprint density at radius 2 is 0.929 bits per heavy atom. The van der Waals surface area contributed by atoms with Gasteiger partial charge in [0.2, 0.25) is 0 Å². The standard InChI is InChI=1S/C50H28N6/c1-53-37-21-23-48-41(29-37)39-17-9-11-19-46(39)56(48)50-28-36(35-25-43(33-12-4-2-5-13-33)54-44(26-35)34-14-6-3-7-15-34)27-49(42(50)31-52)55-45-18-10-8-16-38(45)40-24-32(30-51)20-22-47(40)55/h2-29H. The van der Waals surface area contributed by atoms with E-state index in [1.807, 2.05) is 97.1 Å². The minimum Gasteiger partial charge on any atom is -0.308 e. The van der Waals surface area contributed by atoms with Gasteiger partial charge in [-0.05, 0) is 83.2 Å². The highest BCUT2D eigenvalue weighted by Gasteiger charge is 2.23. The molecular weight excluding hydrogens is 685 g/mol. The molecule has 7 aromatic carbocycles. The summed E-state index contributed by atoms with van der Waals surface area (Å²) in [4.78, 5) is 8.90. The van der Waals surface area contributed by atoms with Crippen LogP contribution in [-0.2, 0) is 0 Å². The molecule has 0 saturated heterocycles. The molecular formula is C50H28N6. The van der Waals surface area contributed by atoms with Crippen molar-refractivity contribution in [2.75, 3.05) is 0 Å². The van der Waals surface area contributed by atoms with Crippen molar-refractivity contribution >= 4 is 49.3 Å². The summed E-state index contributed by atoms with van der Waals surface area (Å²) in [5.41, 5.74) is 12.1. The number of fused-ring (bicyclic) bond motifs is 6. The normalized spacial score (nSPS) is 11.2. The largest absolute Gasteiger partial charge is 0.308 e. The van der Waals surface area contributed by atoms with E-state index in [1.165, 1.54) is 0 Å². The van der Waals surface area contributed by atoms with Crippen LogP contribution in [0.5, 0.6) is 0 Å². The Bertz CT molecular complexity index is 3120. The molecule has 0 aliphatic heterocycles. The number of hydrogen-bond acceptors (Lipinski definition) is 3. The molecule has 0 amide bonds. The average molecular weight is 713 g/mol. The van der Waals surface area contributed by atoms with E-state index in [1.54, 1.807) is 0 Å². The van der Waals surface area contributed by atoms with Crippen molar-refractivity contribution in [3.8, 4) is 57.2 Å². The quantitative estimate of drug-likeness (QED) is 0.167. The molecule has 0 radical (unpaired) electrons. The zero-order valence-electron chi connectivity index (χ0n) is 29.8. The lowest BCUT2D eigenvalue weighted by molar-refractivity contribution is 1.12. The van der Waals surface area contributed by atoms with Crippen LogP contribution in [-0.4, -0.2) is 14.1 Å². The van der Waals surface area contributed by atoms with Gasteiger partial charge < -0.3 is 9.13 Å². The molecule has 0 aliphatic rings. The van der Waals surface area contributed by atoms with Crippen molar-refractivity contribution in [1.82, 2.24) is 14.1 Å². The summed E-state index contributed by atoms with van der Waals surface area (Å²) in [6, 6.07) is 61.5. The van der Waals surface area contributed by atoms with Crippen LogP contribution >= 0.6 is 0 Å². The van der Waals surface area contributed by atoms with E-state index >= 15 is 0 Å². The van der Waals surface area contributed by atoms with Crippen molar-refractivity contribution in [1.29, 1.82) is 10.5 Å². The van der Waals surface area contributed by atoms with Crippen molar-refractivity contribution in [3.05, 3.63) is 192 Å². The first-order valence-electron chi connectivity index (χ1n) is 18.2. The van der Waals surface area contributed by atoms with Gasteiger partial charge in [-0.3, -0.25) is 0 Å². The van der Waals surface area contributed by atoms with Gasteiger partial charge in [-0.2, -0.15) is 10.5 Å². The number of benzene rings is 7. The van der Waals surface area contributed by atoms with Crippen molar-refractivity contribution < 1.29 is 0 Å². The third-order valence-electron chi connectivity index (χ3n) is 10.6. The molecule has 10 aromatic rings. The number of nitriles is 2. The van der Waals surface area contributed by atoms with Gasteiger partial charge in [-0.1, -0.05) is 103 Å². The molecule has 3 heterocycles. The molecule has 0 saturated carbocycles. The second-order valence-corrected chi connectivity index (χ2v) is 13.7. The first kappa shape index (κ1) is 32.4. The monoisotopic (exact) mass is 712 g/mol. The van der Waals surface area contributed by atoms with E-state index in [9.17, 15) is 10.5 Å². The first-order chi connectivity index (χ1) is 27.6. The lowest BCUT2D eigenvalue weighted by Crippen LogP contribution is -2.05. The molecule has 0 bridgehead atoms. The van der Waals surface area contributed by atoms with Gasteiger partial charge in [0.1, 0.15) is 11.6 Å². The predicted octanol–water partition coefficient (Wildman–Crippen LogP) is 12.6. The van der Waals surface area contributed by atoms with Gasteiger partial charge in [0.25, 0.3) is 0 Å². The fourth-order valence-electron chi connectivity index (χ4n) is 8.05. The zero-order chi connectivity index (χ0) is 37.8. The fraction of sp³-hybridized carbons (Fsp3) is 0. The summed E-state index contributed by atoms with van der Waals surface area (Å²) in [7, 11) is 0. The van der Waals surface area contributed by atoms with E-state index in [2.05, 4.69) is 98.9 Å². The number of para-hydroxylation sites is 2. The molecule has 0 unspecified atom stereocenters. The maximum absolute atomic E-state index is 11.3. The van der Waals surface area contributed by atoms with Crippen LogP contribution in [0.3, 0.4) is 0 Å². The molecule has 10 rings (SSSR count). The summed E-state index contributed by atoms with van der Waals surface area (Å²) < 4.78 is 4.31. The van der Waals surface area contributed by atoms with Gasteiger partial charge in [0.05, 0.1) is 63.0 Å². The lowest BCUT2D eigenvalue weighted by Gasteiger charge is -2.19. The topological polar surface area (TPSA) is 74.7 Å². The summed E-state index contributed by atoms with van der Waals surface area (Å²) in [6.07, 6.45) is 0. The van der Waals surface area contributed by atoms with Crippen LogP contribution in [0.25, 0.3) is 93.5 Å². The predicted molar refractivity (Wildman–Crippen MR) is 225 cm³/mol. The molecule has 3 aromatic heterocycles. The molecule has 6 heteroatoms.